The molecule has 0 aromatic rings. The van der Waals surface area contributed by atoms with Crippen LogP contribution in [0.15, 0.2) is 0 Å². The molecule has 0 bridgehead atoms. The molecule has 3 N–H and O–H groups in total. The maximum atomic E-state index is 13.1. The number of hydrogen-bond acceptors (Lipinski definition) is 15. The van der Waals surface area contributed by atoms with E-state index in [0.717, 1.165) is 114 Å². The van der Waals surface area contributed by atoms with Crippen molar-refractivity contribution in [2.24, 2.45) is 17.8 Å². The maximum absolute atomic E-state index is 13.1. The maximum Gasteiger partial charge on any atom is 0.472 e. The van der Waals surface area contributed by atoms with E-state index in [9.17, 15) is 43.2 Å². The van der Waals surface area contributed by atoms with Crippen molar-refractivity contribution < 1.29 is 80.2 Å². The highest BCUT2D eigenvalue weighted by atomic mass is 31.2. The lowest BCUT2D eigenvalue weighted by atomic mass is 9.99. The third kappa shape index (κ3) is 72.8. The van der Waals surface area contributed by atoms with Crippen molar-refractivity contribution >= 4 is 39.5 Å². The fourth-order valence-electron chi connectivity index (χ4n) is 12.3. The molecule has 588 valence electrons. The van der Waals surface area contributed by atoms with Gasteiger partial charge in [-0.3, -0.25) is 37.3 Å². The van der Waals surface area contributed by atoms with Crippen molar-refractivity contribution in [3.63, 3.8) is 0 Å². The van der Waals surface area contributed by atoms with Crippen LogP contribution in [0.5, 0.6) is 0 Å². The number of esters is 4. The molecule has 0 radical (unpaired) electrons. The Morgan fingerprint density at radius 3 is 0.768 bits per heavy atom. The quantitative estimate of drug-likeness (QED) is 0.0222. The molecular weight excluding hydrogens is 1290 g/mol. The Bertz CT molecular complexity index is 1920. The molecule has 0 fully saturated rings. The van der Waals surface area contributed by atoms with Gasteiger partial charge >= 0.3 is 39.5 Å². The van der Waals surface area contributed by atoms with E-state index in [0.29, 0.717) is 25.7 Å². The lowest BCUT2D eigenvalue weighted by Crippen LogP contribution is -2.30. The number of hydrogen-bond donors (Lipinski definition) is 3. The number of carbonyl (C=O) groups excluding carboxylic acids is 4. The van der Waals surface area contributed by atoms with Crippen molar-refractivity contribution in [3.05, 3.63) is 0 Å². The molecule has 0 aliphatic heterocycles. The number of aliphatic hydroxyl groups is 1. The Balaban J connectivity index is 5.12. The van der Waals surface area contributed by atoms with Crippen LogP contribution in [0.3, 0.4) is 0 Å². The molecule has 0 spiro atoms. The molecule has 0 heterocycles. The summed E-state index contributed by atoms with van der Waals surface area (Å²) in [6.07, 6.45) is 58.7. The molecule has 0 aliphatic carbocycles. The Hall–Kier alpha value is -1.94. The van der Waals surface area contributed by atoms with Crippen molar-refractivity contribution in [3.8, 4) is 0 Å². The van der Waals surface area contributed by atoms with Gasteiger partial charge in [-0.1, -0.05) is 363 Å². The monoisotopic (exact) mass is 1450 g/mol. The summed E-state index contributed by atoms with van der Waals surface area (Å²) in [5, 5.41) is 10.6. The molecule has 0 aromatic heterocycles. The standard InChI is InChI=1S/C80H156O17P2/c1-8-10-11-44-54-61-77(82)90-67-75(96-79(84)63-57-50-43-37-31-25-24-27-33-39-46-52-59-72(5)6)69-94-98(86,87)92-65-74(81)66-93-99(88,89)95-70-76(68-91-78(83)62-55-48-41-35-29-22-19-18-20-26-32-38-45-51-58-71(3)4)97-80(85)64-56-49-42-36-30-23-17-15-13-12-14-16-21-28-34-40-47-53-60-73(7)9-2/h71-76,81H,8-70H2,1-7H3,(H,86,87)(H,88,89)/t73?,74-,75+,76+/m0/s1. The predicted octanol–water partition coefficient (Wildman–Crippen LogP) is 23.7. The van der Waals surface area contributed by atoms with Crippen molar-refractivity contribution in [2.75, 3.05) is 39.6 Å². The van der Waals surface area contributed by atoms with Gasteiger partial charge in [-0.05, 0) is 43.4 Å². The second-order valence-corrected chi connectivity index (χ2v) is 32.9. The van der Waals surface area contributed by atoms with E-state index in [4.69, 9.17) is 37.0 Å². The molecule has 19 heteroatoms. The second-order valence-electron chi connectivity index (χ2n) is 30.0. The average Bonchev–Trinajstić information content (AvgIpc) is 1.01. The molecule has 0 saturated carbocycles. The zero-order valence-corrected chi connectivity index (χ0v) is 66.8. The van der Waals surface area contributed by atoms with Crippen LogP contribution in [-0.2, 0) is 65.4 Å². The van der Waals surface area contributed by atoms with E-state index in [-0.39, 0.29) is 25.7 Å². The van der Waals surface area contributed by atoms with Gasteiger partial charge in [0.05, 0.1) is 26.4 Å². The SMILES string of the molecule is CCCCCCCC(=O)OC[C@H](COP(=O)(O)OC[C@H](O)COP(=O)(O)OC[C@@H](COC(=O)CCCCCCCCCCCCCCCCC(C)C)OC(=O)CCCCCCCCCCCCCCCCCCCCC(C)CC)OC(=O)CCCCCCCCCCCCCCC(C)C. The number of rotatable bonds is 78. The van der Waals surface area contributed by atoms with Gasteiger partial charge in [0, 0.05) is 25.7 Å². The van der Waals surface area contributed by atoms with Crippen molar-refractivity contribution in [2.45, 2.75) is 433 Å². The van der Waals surface area contributed by atoms with E-state index < -0.39 is 97.5 Å². The molecule has 0 aromatic carbocycles. The van der Waals surface area contributed by atoms with Gasteiger partial charge in [-0.15, -0.1) is 0 Å². The first-order valence-electron chi connectivity index (χ1n) is 41.4. The van der Waals surface area contributed by atoms with Crippen LogP contribution in [0.1, 0.15) is 414 Å². The molecule has 0 aliphatic rings. The molecule has 3 unspecified atom stereocenters. The molecule has 0 saturated heterocycles. The van der Waals surface area contributed by atoms with Crippen molar-refractivity contribution in [1.82, 2.24) is 0 Å². The minimum Gasteiger partial charge on any atom is -0.462 e. The fourth-order valence-corrected chi connectivity index (χ4v) is 13.9. The Labute approximate surface area is 607 Å². The number of phosphoric acid groups is 2. The van der Waals surface area contributed by atoms with Gasteiger partial charge in [-0.25, -0.2) is 9.13 Å². The third-order valence-electron chi connectivity index (χ3n) is 19.0. The number of phosphoric ester groups is 2. The molecular formula is C80H156O17P2. The highest BCUT2D eigenvalue weighted by Crippen LogP contribution is 2.45. The van der Waals surface area contributed by atoms with Gasteiger partial charge < -0.3 is 33.8 Å². The zero-order valence-electron chi connectivity index (χ0n) is 65.0. The smallest absolute Gasteiger partial charge is 0.462 e. The van der Waals surface area contributed by atoms with E-state index in [1.54, 1.807) is 0 Å². The average molecular weight is 1450 g/mol. The van der Waals surface area contributed by atoms with Crippen LogP contribution in [0, 0.1) is 17.8 Å². The lowest BCUT2D eigenvalue weighted by molar-refractivity contribution is -0.161. The first kappa shape index (κ1) is 97.1. The summed E-state index contributed by atoms with van der Waals surface area (Å²) in [6.45, 7) is 11.9. The topological polar surface area (TPSA) is 237 Å². The predicted molar refractivity (Wildman–Crippen MR) is 405 cm³/mol. The zero-order chi connectivity index (χ0) is 73.0. The van der Waals surface area contributed by atoms with Crippen LogP contribution in [-0.4, -0.2) is 96.7 Å². The minimum atomic E-state index is -4.96. The second kappa shape index (κ2) is 70.4. The summed E-state index contributed by atoms with van der Waals surface area (Å²) in [6, 6.07) is 0. The van der Waals surface area contributed by atoms with Crippen LogP contribution >= 0.6 is 15.6 Å². The normalized spacial score (nSPS) is 14.3. The van der Waals surface area contributed by atoms with E-state index >= 15 is 0 Å². The molecule has 0 rings (SSSR count). The first-order chi connectivity index (χ1) is 47.8. The summed E-state index contributed by atoms with van der Waals surface area (Å²) < 4.78 is 68.4. The summed E-state index contributed by atoms with van der Waals surface area (Å²) in [7, 11) is -9.91. The van der Waals surface area contributed by atoms with E-state index in [2.05, 4.69) is 48.5 Å². The molecule has 17 nitrogen and oxygen atoms in total. The van der Waals surface area contributed by atoms with E-state index in [1.165, 1.54) is 218 Å². The highest BCUT2D eigenvalue weighted by molar-refractivity contribution is 7.47. The third-order valence-corrected chi connectivity index (χ3v) is 20.9. The first-order valence-corrected chi connectivity index (χ1v) is 44.4. The van der Waals surface area contributed by atoms with Crippen molar-refractivity contribution in [1.29, 1.82) is 0 Å². The van der Waals surface area contributed by atoms with Gasteiger partial charge in [0.25, 0.3) is 0 Å². The number of carbonyl (C=O) groups is 4. The molecule has 0 amide bonds. The number of unbranched alkanes of at least 4 members (excludes halogenated alkanes) is 45. The van der Waals surface area contributed by atoms with Gasteiger partial charge in [-0.2, -0.15) is 0 Å². The Morgan fingerprint density at radius 1 is 0.293 bits per heavy atom. The summed E-state index contributed by atoms with van der Waals surface area (Å²) >= 11 is 0. The number of aliphatic hydroxyl groups excluding tert-OH is 1. The highest BCUT2D eigenvalue weighted by Gasteiger charge is 2.30. The van der Waals surface area contributed by atoms with E-state index in [1.807, 2.05) is 0 Å². The van der Waals surface area contributed by atoms with Crippen LogP contribution in [0.2, 0.25) is 0 Å². The molecule has 99 heavy (non-hydrogen) atoms. The largest absolute Gasteiger partial charge is 0.472 e. The van der Waals surface area contributed by atoms with Gasteiger partial charge in [0.2, 0.25) is 0 Å². The van der Waals surface area contributed by atoms with Gasteiger partial charge in [0.1, 0.15) is 19.3 Å². The summed E-state index contributed by atoms with van der Waals surface area (Å²) in [5.74, 6) is 0.323. The lowest BCUT2D eigenvalue weighted by Gasteiger charge is -2.21. The fraction of sp³-hybridized carbons (Fsp3) is 0.950. The van der Waals surface area contributed by atoms with Gasteiger partial charge in [0.15, 0.2) is 12.2 Å². The van der Waals surface area contributed by atoms with Crippen LogP contribution in [0.4, 0.5) is 0 Å². The number of ether oxygens (including phenoxy) is 4. The van der Waals surface area contributed by atoms with Crippen LogP contribution in [0.25, 0.3) is 0 Å². The summed E-state index contributed by atoms with van der Waals surface area (Å²) in [5.41, 5.74) is 0. The minimum absolute atomic E-state index is 0.106. The Kier molecular flexibility index (Phi) is 69.0. The van der Waals surface area contributed by atoms with Crippen LogP contribution < -0.4 is 0 Å². The Morgan fingerprint density at radius 2 is 0.515 bits per heavy atom. The molecule has 6 atom stereocenters. The summed E-state index contributed by atoms with van der Waals surface area (Å²) in [4.78, 5) is 72.7.